The summed E-state index contributed by atoms with van der Waals surface area (Å²) in [6.45, 7) is 2.47. The van der Waals surface area contributed by atoms with E-state index in [1.807, 2.05) is 29.3 Å². The minimum absolute atomic E-state index is 0.00412. The van der Waals surface area contributed by atoms with Gasteiger partial charge in [0.25, 0.3) is 5.91 Å². The molecule has 2 aromatic heterocycles. The van der Waals surface area contributed by atoms with Crippen molar-refractivity contribution >= 4 is 29.3 Å². The predicted molar refractivity (Wildman–Crippen MR) is 102 cm³/mol. The number of thiophene rings is 1. The van der Waals surface area contributed by atoms with Gasteiger partial charge in [-0.05, 0) is 30.4 Å². The first kappa shape index (κ1) is 18.5. The molecule has 1 atom stereocenters. The fourth-order valence-corrected chi connectivity index (χ4v) is 3.93. The first-order valence-electron chi connectivity index (χ1n) is 8.98. The summed E-state index contributed by atoms with van der Waals surface area (Å²) in [5.41, 5.74) is 0.0800. The van der Waals surface area contributed by atoms with E-state index in [2.05, 4.69) is 12.2 Å². The van der Waals surface area contributed by atoms with E-state index in [9.17, 15) is 14.7 Å². The Bertz CT molecular complexity index is 791. The molecule has 3 heterocycles. The molecular weight excluding hydrogens is 350 g/mol. The Labute approximate surface area is 156 Å². The summed E-state index contributed by atoms with van der Waals surface area (Å²) in [4.78, 5) is 27.4. The van der Waals surface area contributed by atoms with Crippen LogP contribution in [0.25, 0.3) is 6.08 Å². The predicted octanol–water partition coefficient (Wildman–Crippen LogP) is 4.70. The van der Waals surface area contributed by atoms with Gasteiger partial charge in [-0.3, -0.25) is 4.79 Å². The molecule has 26 heavy (non-hydrogen) atoms. The van der Waals surface area contributed by atoms with E-state index in [-0.39, 0.29) is 23.3 Å². The topological polar surface area (TPSA) is 70.8 Å². The monoisotopic (exact) mass is 373 g/mol. The maximum absolute atomic E-state index is 13.0. The number of likely N-dealkylation sites (tertiary alicyclic amines) is 1. The fraction of sp³-hybridized carbons (Fsp3) is 0.400. The van der Waals surface area contributed by atoms with Gasteiger partial charge in [-0.25, -0.2) is 4.79 Å². The molecule has 1 N–H and O–H groups in total. The van der Waals surface area contributed by atoms with Gasteiger partial charge < -0.3 is 14.4 Å². The Morgan fingerprint density at radius 2 is 2.23 bits per heavy atom. The lowest BCUT2D eigenvalue weighted by atomic mass is 10.1. The standard InChI is InChI=1S/C20H23NO4S/c1-2-17-16(20(23)24)13-18(25-17)19(22)21-11-5-3-4-7-14(21)9-10-15-8-6-12-26-15/h6,8-10,12-14H,2-5,7,11H2,1H3,(H,23,24)/b10-9+. The van der Waals surface area contributed by atoms with Crippen LogP contribution >= 0.6 is 11.3 Å². The van der Waals surface area contributed by atoms with Crippen LogP contribution in [0.15, 0.2) is 34.1 Å². The Morgan fingerprint density at radius 1 is 1.38 bits per heavy atom. The Hall–Kier alpha value is -2.34. The average Bonchev–Trinajstić information content (AvgIpc) is 3.24. The third-order valence-electron chi connectivity index (χ3n) is 4.66. The van der Waals surface area contributed by atoms with Crippen molar-refractivity contribution < 1.29 is 19.1 Å². The summed E-state index contributed by atoms with van der Waals surface area (Å²) in [7, 11) is 0. The number of rotatable bonds is 5. The molecule has 0 aromatic carbocycles. The molecule has 2 aromatic rings. The second kappa shape index (κ2) is 8.36. The largest absolute Gasteiger partial charge is 0.478 e. The number of aryl methyl sites for hydroxylation is 1. The van der Waals surface area contributed by atoms with Crippen LogP contribution in [0.1, 0.15) is 64.2 Å². The molecule has 1 amide bonds. The molecule has 5 nitrogen and oxygen atoms in total. The number of hydrogen-bond donors (Lipinski definition) is 1. The number of carbonyl (C=O) groups excluding carboxylic acids is 1. The minimum atomic E-state index is -1.06. The van der Waals surface area contributed by atoms with E-state index < -0.39 is 5.97 Å². The second-order valence-corrected chi connectivity index (χ2v) is 7.38. The van der Waals surface area contributed by atoms with Crippen LogP contribution in [0.3, 0.4) is 0 Å². The quantitative estimate of drug-likeness (QED) is 0.825. The summed E-state index contributed by atoms with van der Waals surface area (Å²) in [6, 6.07) is 5.41. The van der Waals surface area contributed by atoms with Gasteiger partial charge in [0, 0.05) is 23.9 Å². The van der Waals surface area contributed by atoms with Gasteiger partial charge in [0.1, 0.15) is 11.3 Å². The first-order valence-corrected chi connectivity index (χ1v) is 9.86. The van der Waals surface area contributed by atoms with Crippen molar-refractivity contribution in [3.05, 3.63) is 51.6 Å². The van der Waals surface area contributed by atoms with Gasteiger partial charge in [-0.15, -0.1) is 11.3 Å². The molecular formula is C20H23NO4S. The summed E-state index contributed by atoms with van der Waals surface area (Å²) in [6.07, 6.45) is 8.59. The molecule has 1 aliphatic rings. The number of carbonyl (C=O) groups is 2. The highest BCUT2D eigenvalue weighted by Gasteiger charge is 2.28. The molecule has 3 rings (SSSR count). The molecule has 0 aliphatic carbocycles. The van der Waals surface area contributed by atoms with E-state index in [0.29, 0.717) is 18.7 Å². The van der Waals surface area contributed by atoms with Crippen LogP contribution < -0.4 is 0 Å². The minimum Gasteiger partial charge on any atom is -0.478 e. The zero-order chi connectivity index (χ0) is 18.5. The number of carboxylic acids is 1. The summed E-state index contributed by atoms with van der Waals surface area (Å²) in [5, 5.41) is 11.3. The highest BCUT2D eigenvalue weighted by atomic mass is 32.1. The maximum atomic E-state index is 13.0. The molecule has 1 fully saturated rings. The number of hydrogen-bond acceptors (Lipinski definition) is 4. The van der Waals surface area contributed by atoms with Crippen molar-refractivity contribution in [1.82, 2.24) is 4.90 Å². The number of carboxylic acid groups (broad SMARTS) is 1. The summed E-state index contributed by atoms with van der Waals surface area (Å²) >= 11 is 1.66. The molecule has 0 spiro atoms. The van der Waals surface area contributed by atoms with Crippen molar-refractivity contribution in [2.24, 2.45) is 0 Å². The van der Waals surface area contributed by atoms with Gasteiger partial charge >= 0.3 is 5.97 Å². The highest BCUT2D eigenvalue weighted by molar-refractivity contribution is 7.10. The molecule has 6 heteroatoms. The van der Waals surface area contributed by atoms with Crippen molar-refractivity contribution in [2.75, 3.05) is 6.54 Å². The van der Waals surface area contributed by atoms with Crippen molar-refractivity contribution in [1.29, 1.82) is 0 Å². The zero-order valence-corrected chi connectivity index (χ0v) is 15.6. The third-order valence-corrected chi connectivity index (χ3v) is 5.49. The van der Waals surface area contributed by atoms with Crippen LogP contribution in [-0.4, -0.2) is 34.5 Å². The zero-order valence-electron chi connectivity index (χ0n) is 14.8. The van der Waals surface area contributed by atoms with Crippen LogP contribution in [0.5, 0.6) is 0 Å². The van der Waals surface area contributed by atoms with Gasteiger partial charge in [0.05, 0.1) is 6.04 Å². The normalized spacial score (nSPS) is 18.2. The average molecular weight is 373 g/mol. The van der Waals surface area contributed by atoms with Gasteiger partial charge in [-0.2, -0.15) is 0 Å². The number of aromatic carboxylic acids is 1. The lowest BCUT2D eigenvalue weighted by molar-refractivity contribution is 0.0677. The van der Waals surface area contributed by atoms with Crippen molar-refractivity contribution in [3.63, 3.8) is 0 Å². The second-order valence-electron chi connectivity index (χ2n) is 6.40. The number of furan rings is 1. The molecule has 0 radical (unpaired) electrons. The smallest absolute Gasteiger partial charge is 0.339 e. The van der Waals surface area contributed by atoms with Crippen molar-refractivity contribution in [2.45, 2.75) is 45.1 Å². The highest BCUT2D eigenvalue weighted by Crippen LogP contribution is 2.24. The lowest BCUT2D eigenvalue weighted by Crippen LogP contribution is -2.38. The molecule has 0 saturated carbocycles. The number of nitrogens with zero attached hydrogens (tertiary/aromatic N) is 1. The Morgan fingerprint density at radius 3 is 2.88 bits per heavy atom. The lowest BCUT2D eigenvalue weighted by Gasteiger charge is -2.27. The van der Waals surface area contributed by atoms with E-state index in [1.54, 1.807) is 11.3 Å². The Kier molecular flexibility index (Phi) is 5.93. The summed E-state index contributed by atoms with van der Waals surface area (Å²) in [5.74, 6) is -0.818. The van der Waals surface area contributed by atoms with Crippen molar-refractivity contribution in [3.8, 4) is 0 Å². The molecule has 0 bridgehead atoms. The molecule has 138 valence electrons. The Balaban J connectivity index is 1.85. The van der Waals surface area contributed by atoms with E-state index >= 15 is 0 Å². The van der Waals surface area contributed by atoms with E-state index in [1.165, 1.54) is 6.07 Å². The fourth-order valence-electron chi connectivity index (χ4n) is 3.30. The van der Waals surface area contributed by atoms with Crippen LogP contribution in [0.4, 0.5) is 0 Å². The molecule has 1 saturated heterocycles. The number of amides is 1. The van der Waals surface area contributed by atoms with Gasteiger partial charge in [0.15, 0.2) is 5.76 Å². The van der Waals surface area contributed by atoms with Gasteiger partial charge in [-0.1, -0.05) is 31.9 Å². The van der Waals surface area contributed by atoms with E-state index in [0.717, 1.165) is 30.6 Å². The van der Waals surface area contributed by atoms with Gasteiger partial charge in [0.2, 0.25) is 0 Å². The third kappa shape index (κ3) is 4.07. The van der Waals surface area contributed by atoms with Crippen LogP contribution in [0, 0.1) is 0 Å². The molecule has 1 aliphatic heterocycles. The SMILES string of the molecule is CCc1oc(C(=O)N2CCCCCC2/C=C/c2cccs2)cc1C(=O)O. The van der Waals surface area contributed by atoms with Crippen LogP contribution in [0.2, 0.25) is 0 Å². The van der Waals surface area contributed by atoms with Crippen LogP contribution in [-0.2, 0) is 6.42 Å². The maximum Gasteiger partial charge on any atom is 0.339 e. The summed E-state index contributed by atoms with van der Waals surface area (Å²) < 4.78 is 5.59. The first-order chi connectivity index (χ1) is 12.6. The van der Waals surface area contributed by atoms with E-state index in [4.69, 9.17) is 4.42 Å². The molecule has 1 unspecified atom stereocenters.